The first-order chi connectivity index (χ1) is 16.7. The number of halogens is 2. The fourth-order valence-corrected chi connectivity index (χ4v) is 3.55. The third-order valence-electron chi connectivity index (χ3n) is 5.28. The van der Waals surface area contributed by atoms with Crippen molar-refractivity contribution in [3.8, 4) is 11.5 Å². The number of rotatable bonds is 14. The number of ether oxygens (including phenoxy) is 4. The number of carbonyl (C=O) groups is 2. The smallest absolute Gasteiger partial charge is 0.341 e. The summed E-state index contributed by atoms with van der Waals surface area (Å²) in [7, 11) is 3.05. The Labute approximate surface area is 202 Å². The summed E-state index contributed by atoms with van der Waals surface area (Å²) in [6.07, 6.45) is 0.484. The van der Waals surface area contributed by atoms with Crippen LogP contribution in [0.3, 0.4) is 0 Å². The van der Waals surface area contributed by atoms with Gasteiger partial charge in [-0.25, -0.2) is 13.6 Å². The number of hydrogen-bond acceptors (Lipinski definition) is 6. The highest BCUT2D eigenvalue weighted by atomic mass is 19.1. The molecule has 1 unspecified atom stereocenters. The van der Waals surface area contributed by atoms with Crippen molar-refractivity contribution in [2.24, 2.45) is 11.7 Å². The highest BCUT2D eigenvalue weighted by Gasteiger charge is 2.23. The lowest BCUT2D eigenvalue weighted by atomic mass is 9.89. The Hall–Kier alpha value is -3.50. The number of benzene rings is 2. The number of amides is 1. The van der Waals surface area contributed by atoms with E-state index in [1.807, 2.05) is 0 Å². The summed E-state index contributed by atoms with van der Waals surface area (Å²) in [5.74, 6) is -3.68. The van der Waals surface area contributed by atoms with Crippen molar-refractivity contribution < 1.29 is 42.4 Å². The van der Waals surface area contributed by atoms with Crippen LogP contribution in [0.25, 0.3) is 5.57 Å². The Morgan fingerprint density at radius 2 is 1.71 bits per heavy atom. The van der Waals surface area contributed by atoms with Gasteiger partial charge in [0.25, 0.3) is 0 Å². The highest BCUT2D eigenvalue weighted by molar-refractivity contribution is 6.00. The summed E-state index contributed by atoms with van der Waals surface area (Å²) in [5.41, 5.74) is 6.78. The number of carboxylic acid groups (broad SMARTS) is 1. The quantitative estimate of drug-likeness (QED) is 0.387. The van der Waals surface area contributed by atoms with Crippen molar-refractivity contribution >= 4 is 17.4 Å². The van der Waals surface area contributed by atoms with Gasteiger partial charge in [-0.15, -0.1) is 0 Å². The molecule has 3 N–H and O–H groups in total. The third kappa shape index (κ3) is 7.76. The molecule has 0 aliphatic heterocycles. The average molecular weight is 494 g/mol. The maximum atomic E-state index is 14.0. The third-order valence-corrected chi connectivity index (χ3v) is 5.28. The molecule has 0 spiro atoms. The van der Waals surface area contributed by atoms with Gasteiger partial charge in [-0.2, -0.15) is 0 Å². The highest BCUT2D eigenvalue weighted by Crippen LogP contribution is 2.34. The first-order valence-electron chi connectivity index (χ1n) is 10.7. The first kappa shape index (κ1) is 27.7. The zero-order valence-electron chi connectivity index (χ0n) is 19.8. The topological polar surface area (TPSA) is 117 Å². The summed E-state index contributed by atoms with van der Waals surface area (Å²) in [4.78, 5) is 23.4. The Morgan fingerprint density at radius 1 is 1.03 bits per heavy atom. The van der Waals surface area contributed by atoms with Crippen LogP contribution in [-0.2, 0) is 25.7 Å². The molecule has 0 aromatic heterocycles. The number of primary amides is 1. The van der Waals surface area contributed by atoms with E-state index < -0.39 is 36.7 Å². The van der Waals surface area contributed by atoms with Gasteiger partial charge < -0.3 is 29.8 Å². The zero-order valence-corrected chi connectivity index (χ0v) is 19.8. The van der Waals surface area contributed by atoms with Gasteiger partial charge in [0.1, 0.15) is 18.2 Å². The molecule has 1 atom stereocenters. The van der Waals surface area contributed by atoms with Crippen molar-refractivity contribution in [3.05, 3.63) is 64.7 Å². The van der Waals surface area contributed by atoms with Crippen LogP contribution in [0.15, 0.2) is 42.0 Å². The fourth-order valence-electron chi connectivity index (χ4n) is 3.55. The Balaban J connectivity index is 2.46. The van der Waals surface area contributed by atoms with E-state index in [4.69, 9.17) is 29.8 Å². The van der Waals surface area contributed by atoms with Crippen molar-refractivity contribution in [2.75, 3.05) is 34.0 Å². The molecule has 0 heterocycles. The van der Waals surface area contributed by atoms with Gasteiger partial charge in [-0.05, 0) is 48.7 Å². The van der Waals surface area contributed by atoms with Gasteiger partial charge in [0, 0.05) is 32.3 Å². The molecule has 35 heavy (non-hydrogen) atoms. The van der Waals surface area contributed by atoms with Crippen LogP contribution in [0.2, 0.25) is 0 Å². The number of allylic oxidation sites excluding steroid dienone is 1. The van der Waals surface area contributed by atoms with Gasteiger partial charge in [0.2, 0.25) is 5.91 Å². The Morgan fingerprint density at radius 3 is 2.29 bits per heavy atom. The molecular formula is C25H29F2NO7. The summed E-state index contributed by atoms with van der Waals surface area (Å²) in [5, 5.41) is 9.04. The summed E-state index contributed by atoms with van der Waals surface area (Å²) < 4.78 is 49.2. The number of carbonyl (C=O) groups excluding carboxylic acids is 1. The SMILES string of the molecule is COCCC(COC)C(C(N)=O)=C(C)c1ccc(OCc2c(F)cccc2F)c(OCC(=O)O)c1. The fraction of sp³-hybridized carbons (Fsp3) is 0.360. The lowest BCUT2D eigenvalue weighted by molar-refractivity contribution is -0.139. The minimum Gasteiger partial charge on any atom is -0.485 e. The summed E-state index contributed by atoms with van der Waals surface area (Å²) in [6, 6.07) is 8.00. The molecule has 1 amide bonds. The summed E-state index contributed by atoms with van der Waals surface area (Å²) >= 11 is 0. The molecule has 8 nitrogen and oxygen atoms in total. The standard InChI is InChI=1S/C25H29F2NO7/c1-15(24(25(28)31)17(12-33-3)9-10-32-2)16-7-8-21(22(11-16)35-14-23(29)30)34-13-18-19(26)5-4-6-20(18)27/h4-8,11,17H,9-10,12-14H2,1-3H3,(H2,28,31)(H,29,30). The van der Waals surface area contributed by atoms with E-state index >= 15 is 0 Å². The minimum atomic E-state index is -1.23. The molecule has 0 saturated carbocycles. The van der Waals surface area contributed by atoms with Crippen LogP contribution in [0.5, 0.6) is 11.5 Å². The van der Waals surface area contributed by atoms with Crippen molar-refractivity contribution in [1.82, 2.24) is 0 Å². The van der Waals surface area contributed by atoms with Gasteiger partial charge in [-0.1, -0.05) is 12.1 Å². The lowest BCUT2D eigenvalue weighted by Gasteiger charge is -2.21. The van der Waals surface area contributed by atoms with Gasteiger partial charge in [0.05, 0.1) is 12.2 Å². The Kier molecular flexibility index (Phi) is 10.6. The van der Waals surface area contributed by atoms with Crippen LogP contribution in [-0.4, -0.2) is 51.0 Å². The molecule has 10 heteroatoms. The van der Waals surface area contributed by atoms with E-state index in [-0.39, 0.29) is 29.6 Å². The molecular weight excluding hydrogens is 464 g/mol. The zero-order chi connectivity index (χ0) is 26.0. The number of nitrogens with two attached hydrogens (primary N) is 1. The largest absolute Gasteiger partial charge is 0.485 e. The van der Waals surface area contributed by atoms with E-state index in [9.17, 15) is 18.4 Å². The number of hydrogen-bond donors (Lipinski definition) is 2. The first-order valence-corrected chi connectivity index (χ1v) is 10.7. The van der Waals surface area contributed by atoms with E-state index in [1.54, 1.807) is 20.1 Å². The number of aliphatic carboxylic acids is 1. The normalized spacial score (nSPS) is 12.6. The van der Waals surface area contributed by atoms with Gasteiger partial charge >= 0.3 is 5.97 Å². The second-order valence-electron chi connectivity index (χ2n) is 7.67. The van der Waals surface area contributed by atoms with Gasteiger partial charge in [-0.3, -0.25) is 4.79 Å². The van der Waals surface area contributed by atoms with Crippen LogP contribution in [0, 0.1) is 17.6 Å². The van der Waals surface area contributed by atoms with Crippen LogP contribution >= 0.6 is 0 Å². The molecule has 0 aliphatic rings. The molecule has 190 valence electrons. The lowest BCUT2D eigenvalue weighted by Crippen LogP contribution is -2.25. The minimum absolute atomic E-state index is 0.0185. The van der Waals surface area contributed by atoms with Crippen molar-refractivity contribution in [2.45, 2.75) is 20.0 Å². The Bertz CT molecular complexity index is 1050. The number of methoxy groups -OCH3 is 2. The van der Waals surface area contributed by atoms with Crippen molar-refractivity contribution in [3.63, 3.8) is 0 Å². The second kappa shape index (κ2) is 13.4. The molecule has 0 saturated heterocycles. The van der Waals surface area contributed by atoms with Crippen LogP contribution in [0.4, 0.5) is 8.78 Å². The monoisotopic (exact) mass is 493 g/mol. The van der Waals surface area contributed by atoms with E-state index in [2.05, 4.69) is 0 Å². The molecule has 2 aromatic rings. The van der Waals surface area contributed by atoms with E-state index in [0.29, 0.717) is 29.7 Å². The van der Waals surface area contributed by atoms with Crippen LogP contribution < -0.4 is 15.2 Å². The van der Waals surface area contributed by atoms with E-state index in [1.165, 1.54) is 25.3 Å². The summed E-state index contributed by atoms with van der Waals surface area (Å²) in [6.45, 7) is 1.18. The predicted molar refractivity (Wildman–Crippen MR) is 124 cm³/mol. The molecule has 2 rings (SSSR count). The maximum absolute atomic E-state index is 14.0. The molecule has 2 aromatic carbocycles. The number of carboxylic acids is 1. The van der Waals surface area contributed by atoms with Gasteiger partial charge in [0.15, 0.2) is 18.1 Å². The molecule has 0 fully saturated rings. The molecule has 0 aliphatic carbocycles. The van der Waals surface area contributed by atoms with Crippen LogP contribution in [0.1, 0.15) is 24.5 Å². The molecule has 0 radical (unpaired) electrons. The average Bonchev–Trinajstić information content (AvgIpc) is 2.81. The van der Waals surface area contributed by atoms with Crippen molar-refractivity contribution in [1.29, 1.82) is 0 Å². The maximum Gasteiger partial charge on any atom is 0.341 e. The van der Waals surface area contributed by atoms with E-state index in [0.717, 1.165) is 12.1 Å². The predicted octanol–water partition coefficient (Wildman–Crippen LogP) is 3.57. The molecule has 0 bridgehead atoms. The second-order valence-corrected chi connectivity index (χ2v) is 7.67.